The van der Waals surface area contributed by atoms with Crippen LogP contribution in [-0.4, -0.2) is 4.98 Å². The van der Waals surface area contributed by atoms with Crippen molar-refractivity contribution in [1.29, 1.82) is 5.26 Å². The molecule has 2 N–H and O–H groups in total. The number of hydrogen-bond donors (Lipinski definition) is 1. The second-order valence-electron chi connectivity index (χ2n) is 2.81. The Bertz CT molecular complexity index is 543. The van der Waals surface area contributed by atoms with Gasteiger partial charge in [0, 0.05) is 9.86 Å². The maximum absolute atomic E-state index is 8.86. The number of benzene rings is 1. The summed E-state index contributed by atoms with van der Waals surface area (Å²) in [5.74, 6) is 0.262. The van der Waals surface area contributed by atoms with Gasteiger partial charge in [0.1, 0.15) is 17.5 Å². The van der Waals surface area contributed by atoms with Crippen molar-refractivity contribution in [3.05, 3.63) is 34.3 Å². The van der Waals surface area contributed by atoms with Crippen LogP contribution in [0.5, 0.6) is 0 Å². The summed E-state index contributed by atoms with van der Waals surface area (Å²) in [7, 11) is 0. The molecule has 0 aliphatic rings. The van der Waals surface area contributed by atoms with Crippen LogP contribution in [-0.2, 0) is 0 Å². The monoisotopic (exact) mass is 247 g/mol. The van der Waals surface area contributed by atoms with Crippen molar-refractivity contribution in [1.82, 2.24) is 4.98 Å². The van der Waals surface area contributed by atoms with Crippen molar-refractivity contribution in [2.75, 3.05) is 5.73 Å². The van der Waals surface area contributed by atoms with Crippen LogP contribution >= 0.6 is 15.9 Å². The van der Waals surface area contributed by atoms with Crippen molar-refractivity contribution in [2.45, 2.75) is 0 Å². The van der Waals surface area contributed by atoms with Gasteiger partial charge >= 0.3 is 0 Å². The van der Waals surface area contributed by atoms with Gasteiger partial charge in [0.15, 0.2) is 0 Å². The largest absolute Gasteiger partial charge is 0.383 e. The topological polar surface area (TPSA) is 62.7 Å². The normalized spacial score (nSPS) is 10.0. The number of pyridine rings is 1. The van der Waals surface area contributed by atoms with Gasteiger partial charge in [-0.1, -0.05) is 18.2 Å². The van der Waals surface area contributed by atoms with Crippen LogP contribution in [0.4, 0.5) is 5.82 Å². The van der Waals surface area contributed by atoms with Crippen molar-refractivity contribution in [3.8, 4) is 6.07 Å². The molecular formula is C10H6BrN3. The third kappa shape index (κ3) is 1.22. The first-order chi connectivity index (χ1) is 6.74. The molecule has 0 atom stereocenters. The fourth-order valence-corrected chi connectivity index (χ4v) is 1.92. The van der Waals surface area contributed by atoms with E-state index < -0.39 is 0 Å². The zero-order chi connectivity index (χ0) is 10.1. The highest BCUT2D eigenvalue weighted by Crippen LogP contribution is 2.28. The van der Waals surface area contributed by atoms with E-state index in [0.717, 1.165) is 10.9 Å². The summed E-state index contributed by atoms with van der Waals surface area (Å²) < 4.78 is 0.711. The number of rotatable bonds is 0. The zero-order valence-electron chi connectivity index (χ0n) is 7.16. The molecule has 0 amide bonds. The Kier molecular flexibility index (Phi) is 2.10. The van der Waals surface area contributed by atoms with E-state index in [9.17, 15) is 0 Å². The van der Waals surface area contributed by atoms with Crippen molar-refractivity contribution >= 4 is 32.7 Å². The molecule has 4 heteroatoms. The predicted molar refractivity (Wildman–Crippen MR) is 58.6 cm³/mol. The van der Waals surface area contributed by atoms with E-state index in [1.165, 1.54) is 0 Å². The Morgan fingerprint density at radius 3 is 2.79 bits per heavy atom. The van der Waals surface area contributed by atoms with Gasteiger partial charge in [-0.25, -0.2) is 4.98 Å². The van der Waals surface area contributed by atoms with Gasteiger partial charge in [-0.15, -0.1) is 0 Å². The van der Waals surface area contributed by atoms with E-state index >= 15 is 0 Å². The first-order valence-electron chi connectivity index (χ1n) is 3.98. The van der Waals surface area contributed by atoms with Crippen LogP contribution in [0.2, 0.25) is 0 Å². The molecule has 0 bridgehead atoms. The van der Waals surface area contributed by atoms with Gasteiger partial charge in [0.2, 0.25) is 0 Å². The maximum Gasteiger partial charge on any atom is 0.143 e. The fourth-order valence-electron chi connectivity index (χ4n) is 1.30. The highest BCUT2D eigenvalue weighted by Gasteiger charge is 2.09. The smallest absolute Gasteiger partial charge is 0.143 e. The third-order valence-electron chi connectivity index (χ3n) is 1.97. The fraction of sp³-hybridized carbons (Fsp3) is 0. The van der Waals surface area contributed by atoms with Crippen LogP contribution in [0.25, 0.3) is 10.9 Å². The number of nitriles is 1. The summed E-state index contributed by atoms with van der Waals surface area (Å²) in [6, 6.07) is 9.55. The Balaban J connectivity index is 2.95. The van der Waals surface area contributed by atoms with E-state index in [-0.39, 0.29) is 5.82 Å². The Morgan fingerprint density at radius 1 is 1.36 bits per heavy atom. The second kappa shape index (κ2) is 3.28. The number of hydrogen-bond acceptors (Lipinski definition) is 3. The molecule has 0 unspecified atom stereocenters. The Labute approximate surface area is 89.3 Å². The van der Waals surface area contributed by atoms with Gasteiger partial charge in [0.25, 0.3) is 0 Å². The zero-order valence-corrected chi connectivity index (χ0v) is 8.75. The molecule has 2 aromatic rings. The number of para-hydroxylation sites is 1. The molecule has 0 spiro atoms. The number of anilines is 1. The molecule has 0 saturated carbocycles. The average molecular weight is 248 g/mol. The van der Waals surface area contributed by atoms with Gasteiger partial charge in [-0.3, -0.25) is 0 Å². The summed E-state index contributed by atoms with van der Waals surface area (Å²) in [5, 5.41) is 9.76. The molecule has 68 valence electrons. The first-order valence-corrected chi connectivity index (χ1v) is 4.77. The van der Waals surface area contributed by atoms with Crippen molar-refractivity contribution in [2.24, 2.45) is 0 Å². The lowest BCUT2D eigenvalue weighted by atomic mass is 10.1. The molecule has 2 rings (SSSR count). The van der Waals surface area contributed by atoms with Gasteiger partial charge in [-0.05, 0) is 22.0 Å². The molecule has 1 aromatic carbocycles. The minimum Gasteiger partial charge on any atom is -0.383 e. The maximum atomic E-state index is 8.86. The summed E-state index contributed by atoms with van der Waals surface area (Å²) in [4.78, 5) is 4.13. The minimum absolute atomic E-state index is 0.262. The van der Waals surface area contributed by atoms with E-state index in [1.54, 1.807) is 0 Å². The van der Waals surface area contributed by atoms with Crippen LogP contribution in [0.15, 0.2) is 28.7 Å². The molecule has 0 aliphatic heterocycles. The second-order valence-corrected chi connectivity index (χ2v) is 3.61. The van der Waals surface area contributed by atoms with Crippen LogP contribution in [0.3, 0.4) is 0 Å². The highest BCUT2D eigenvalue weighted by atomic mass is 79.9. The Hall–Kier alpha value is -1.60. The standard InChI is InChI=1S/C10H6BrN3/c11-9-6-3-1-2-4-8(6)14-10(13)7(9)5-12/h1-4H,(H2,13,14). The van der Waals surface area contributed by atoms with Gasteiger partial charge in [0.05, 0.1) is 5.52 Å². The molecule has 3 nitrogen and oxygen atoms in total. The molecule has 0 radical (unpaired) electrons. The lowest BCUT2D eigenvalue weighted by Gasteiger charge is -2.04. The Morgan fingerprint density at radius 2 is 2.07 bits per heavy atom. The molecule has 14 heavy (non-hydrogen) atoms. The number of aromatic nitrogens is 1. The lowest BCUT2D eigenvalue weighted by Crippen LogP contribution is -1.96. The van der Waals surface area contributed by atoms with E-state index in [2.05, 4.69) is 20.9 Å². The predicted octanol–water partition coefficient (Wildman–Crippen LogP) is 2.45. The quantitative estimate of drug-likeness (QED) is 0.778. The highest BCUT2D eigenvalue weighted by molar-refractivity contribution is 9.10. The first kappa shape index (κ1) is 8.97. The minimum atomic E-state index is 0.262. The van der Waals surface area contributed by atoms with E-state index in [1.807, 2.05) is 30.3 Å². The summed E-state index contributed by atoms with van der Waals surface area (Å²) >= 11 is 3.35. The van der Waals surface area contributed by atoms with Gasteiger partial charge in [-0.2, -0.15) is 5.26 Å². The van der Waals surface area contributed by atoms with Crippen LogP contribution < -0.4 is 5.73 Å². The molecule has 1 aromatic heterocycles. The molecule has 1 heterocycles. The van der Waals surface area contributed by atoms with Gasteiger partial charge < -0.3 is 5.73 Å². The SMILES string of the molecule is N#Cc1c(N)nc2ccccc2c1Br. The summed E-state index contributed by atoms with van der Waals surface area (Å²) in [6.45, 7) is 0. The molecule has 0 aliphatic carbocycles. The third-order valence-corrected chi connectivity index (χ3v) is 2.79. The van der Waals surface area contributed by atoms with Crippen molar-refractivity contribution < 1.29 is 0 Å². The molecule has 0 saturated heterocycles. The summed E-state index contributed by atoms with van der Waals surface area (Å²) in [5.41, 5.74) is 6.81. The lowest BCUT2D eigenvalue weighted by molar-refractivity contribution is 1.36. The van der Waals surface area contributed by atoms with Crippen LogP contribution in [0.1, 0.15) is 5.56 Å². The number of nitrogens with two attached hydrogens (primary N) is 1. The van der Waals surface area contributed by atoms with E-state index in [0.29, 0.717) is 10.0 Å². The van der Waals surface area contributed by atoms with E-state index in [4.69, 9.17) is 11.0 Å². The van der Waals surface area contributed by atoms with Crippen LogP contribution in [0, 0.1) is 11.3 Å². The number of fused-ring (bicyclic) bond motifs is 1. The van der Waals surface area contributed by atoms with Crippen molar-refractivity contribution in [3.63, 3.8) is 0 Å². The molecular weight excluding hydrogens is 242 g/mol. The summed E-state index contributed by atoms with van der Waals surface area (Å²) in [6.07, 6.45) is 0. The average Bonchev–Trinajstić information content (AvgIpc) is 2.18. The molecule has 0 fully saturated rings. The number of nitrogen functional groups attached to an aromatic ring is 1. The number of nitrogens with zero attached hydrogens (tertiary/aromatic N) is 2. The number of halogens is 1.